The van der Waals surface area contributed by atoms with Crippen LogP contribution in [0.5, 0.6) is 11.6 Å². The number of hydrogen-bond acceptors (Lipinski definition) is 3. The molecule has 3 aromatic heterocycles. The summed E-state index contributed by atoms with van der Waals surface area (Å²) in [5.74, 6) is 1.36. The van der Waals surface area contributed by atoms with E-state index in [2.05, 4.69) is 95.4 Å². The first-order chi connectivity index (χ1) is 17.1. The second kappa shape index (κ2) is 8.53. The Morgan fingerprint density at radius 2 is 1.34 bits per heavy atom. The number of para-hydroxylation sites is 1. The molecule has 5 heteroatoms. The van der Waals surface area contributed by atoms with Crippen molar-refractivity contribution in [2.24, 2.45) is 0 Å². The van der Waals surface area contributed by atoms with Gasteiger partial charge in [0.25, 0.3) is 0 Å². The van der Waals surface area contributed by atoms with Gasteiger partial charge in [0, 0.05) is 40.2 Å². The molecular formula is C30H25N3OSi. The fourth-order valence-electron chi connectivity index (χ4n) is 4.72. The molecule has 0 N–H and O–H groups in total. The largest absolute Gasteiger partial charge is 0.439 e. The molecule has 6 rings (SSSR count). The highest BCUT2D eigenvalue weighted by molar-refractivity contribution is 7.00. The number of aromatic nitrogens is 3. The molecule has 4 nitrogen and oxygen atoms in total. The van der Waals surface area contributed by atoms with E-state index in [-0.39, 0.29) is 0 Å². The number of ether oxygens (including phenoxy) is 1. The van der Waals surface area contributed by atoms with Gasteiger partial charge in [0.1, 0.15) is 13.8 Å². The zero-order chi connectivity index (χ0) is 23.8. The van der Waals surface area contributed by atoms with E-state index in [4.69, 9.17) is 9.72 Å². The Hall–Kier alpha value is -4.22. The SMILES string of the molecule is C[Si](C)(c1ccc2c(c1)c1cc(Oc3ccccn3)ccc1n2-c1ccccc1)c1ccccn1. The van der Waals surface area contributed by atoms with E-state index in [1.807, 2.05) is 36.5 Å². The van der Waals surface area contributed by atoms with Gasteiger partial charge in [0.2, 0.25) is 5.88 Å². The summed E-state index contributed by atoms with van der Waals surface area (Å²) in [6.45, 7) is 4.73. The molecule has 0 unspecified atom stereocenters. The van der Waals surface area contributed by atoms with Gasteiger partial charge in [0.15, 0.2) is 0 Å². The van der Waals surface area contributed by atoms with Gasteiger partial charge >= 0.3 is 0 Å². The van der Waals surface area contributed by atoms with E-state index >= 15 is 0 Å². The van der Waals surface area contributed by atoms with Gasteiger partial charge in [0.05, 0.1) is 11.0 Å². The van der Waals surface area contributed by atoms with Crippen LogP contribution in [-0.2, 0) is 0 Å². The van der Waals surface area contributed by atoms with Crippen LogP contribution in [0.3, 0.4) is 0 Å². The highest BCUT2D eigenvalue weighted by Crippen LogP contribution is 2.35. The van der Waals surface area contributed by atoms with Crippen LogP contribution in [0.2, 0.25) is 13.1 Å². The third-order valence-corrected chi connectivity index (χ3v) is 9.97. The first-order valence-electron chi connectivity index (χ1n) is 11.8. The van der Waals surface area contributed by atoms with Crippen molar-refractivity contribution in [3.05, 3.63) is 116 Å². The summed E-state index contributed by atoms with van der Waals surface area (Å²) < 4.78 is 8.42. The van der Waals surface area contributed by atoms with Crippen molar-refractivity contribution < 1.29 is 4.74 Å². The Kier molecular flexibility index (Phi) is 5.19. The standard InChI is InChI=1S/C30H25N3OSi/c1-35(2,30-13-7-9-19-32-30)24-15-17-28-26(21-24)25-20-23(34-29-12-6-8-18-31-29)14-16-27(25)33(28)22-10-4-3-5-11-22/h3-21H,1-2H3. The van der Waals surface area contributed by atoms with Crippen LogP contribution in [0.4, 0.5) is 0 Å². The molecule has 0 saturated carbocycles. The number of nitrogens with zero attached hydrogens (tertiary/aromatic N) is 3. The summed E-state index contributed by atoms with van der Waals surface area (Å²) in [4.78, 5) is 9.03. The summed E-state index contributed by atoms with van der Waals surface area (Å²) in [6.07, 6.45) is 3.64. The summed E-state index contributed by atoms with van der Waals surface area (Å²) in [7, 11) is -1.97. The predicted molar refractivity (Wildman–Crippen MR) is 146 cm³/mol. The van der Waals surface area contributed by atoms with Gasteiger partial charge < -0.3 is 9.30 Å². The lowest BCUT2D eigenvalue weighted by atomic mass is 10.1. The zero-order valence-corrected chi connectivity index (χ0v) is 20.7. The van der Waals surface area contributed by atoms with Crippen LogP contribution in [0.15, 0.2) is 116 Å². The zero-order valence-electron chi connectivity index (χ0n) is 19.7. The molecule has 3 aromatic carbocycles. The van der Waals surface area contributed by atoms with Crippen molar-refractivity contribution in [1.82, 2.24) is 14.5 Å². The van der Waals surface area contributed by atoms with Crippen LogP contribution in [0.1, 0.15) is 0 Å². The minimum Gasteiger partial charge on any atom is -0.439 e. The molecule has 0 bridgehead atoms. The van der Waals surface area contributed by atoms with Crippen LogP contribution in [0.25, 0.3) is 27.5 Å². The summed E-state index contributed by atoms with van der Waals surface area (Å²) >= 11 is 0. The minimum absolute atomic E-state index is 0.586. The average molecular weight is 472 g/mol. The van der Waals surface area contributed by atoms with E-state index in [0.717, 1.165) is 22.3 Å². The molecule has 0 radical (unpaired) electrons. The van der Waals surface area contributed by atoms with E-state index in [9.17, 15) is 0 Å². The van der Waals surface area contributed by atoms with Crippen molar-refractivity contribution in [2.45, 2.75) is 13.1 Å². The predicted octanol–water partition coefficient (Wildman–Crippen LogP) is 6.19. The second-order valence-corrected chi connectivity index (χ2v) is 13.5. The Bertz CT molecular complexity index is 1630. The molecule has 0 aliphatic heterocycles. The normalized spacial score (nSPS) is 11.7. The Balaban J connectivity index is 1.58. The Morgan fingerprint density at radius 3 is 2.06 bits per heavy atom. The van der Waals surface area contributed by atoms with E-state index in [1.165, 1.54) is 21.4 Å². The number of hydrogen-bond donors (Lipinski definition) is 0. The Labute approximate surface area is 205 Å². The first kappa shape index (κ1) is 21.3. The Morgan fingerprint density at radius 1 is 0.657 bits per heavy atom. The topological polar surface area (TPSA) is 39.9 Å². The molecule has 0 aliphatic carbocycles. The van der Waals surface area contributed by atoms with Gasteiger partial charge in [-0.15, -0.1) is 0 Å². The molecule has 0 fully saturated rings. The molecule has 0 atom stereocenters. The van der Waals surface area contributed by atoms with E-state index < -0.39 is 8.07 Å². The lowest BCUT2D eigenvalue weighted by molar-refractivity contribution is 0.463. The fraction of sp³-hybridized carbons (Fsp3) is 0.0667. The molecule has 3 heterocycles. The molecule has 35 heavy (non-hydrogen) atoms. The third-order valence-electron chi connectivity index (χ3n) is 6.64. The van der Waals surface area contributed by atoms with Gasteiger partial charge in [-0.05, 0) is 54.6 Å². The lowest BCUT2D eigenvalue weighted by Crippen LogP contribution is -2.54. The van der Waals surface area contributed by atoms with Gasteiger partial charge in [-0.25, -0.2) is 4.98 Å². The molecule has 6 aromatic rings. The number of rotatable bonds is 5. The first-order valence-corrected chi connectivity index (χ1v) is 14.8. The van der Waals surface area contributed by atoms with Crippen LogP contribution < -0.4 is 15.2 Å². The van der Waals surface area contributed by atoms with Crippen molar-refractivity contribution in [3.63, 3.8) is 0 Å². The highest BCUT2D eigenvalue weighted by atomic mass is 28.3. The lowest BCUT2D eigenvalue weighted by Gasteiger charge is -2.22. The molecule has 0 amide bonds. The van der Waals surface area contributed by atoms with Crippen molar-refractivity contribution in [2.75, 3.05) is 0 Å². The van der Waals surface area contributed by atoms with Gasteiger partial charge in [-0.1, -0.05) is 60.7 Å². The molecular weight excluding hydrogens is 446 g/mol. The second-order valence-electron chi connectivity index (χ2n) is 9.19. The van der Waals surface area contributed by atoms with Crippen molar-refractivity contribution >= 4 is 40.4 Å². The molecule has 170 valence electrons. The van der Waals surface area contributed by atoms with E-state index in [1.54, 1.807) is 6.20 Å². The molecule has 0 aliphatic rings. The van der Waals surface area contributed by atoms with Gasteiger partial charge in [-0.3, -0.25) is 4.98 Å². The van der Waals surface area contributed by atoms with Crippen molar-refractivity contribution in [1.29, 1.82) is 0 Å². The van der Waals surface area contributed by atoms with E-state index in [0.29, 0.717) is 5.88 Å². The minimum atomic E-state index is -1.97. The van der Waals surface area contributed by atoms with Crippen LogP contribution in [0, 0.1) is 0 Å². The van der Waals surface area contributed by atoms with Crippen molar-refractivity contribution in [3.8, 4) is 17.3 Å². The monoisotopic (exact) mass is 471 g/mol. The summed E-state index contributed by atoms with van der Waals surface area (Å²) in [6, 6.07) is 35.6. The highest BCUT2D eigenvalue weighted by Gasteiger charge is 2.28. The number of fused-ring (bicyclic) bond motifs is 3. The van der Waals surface area contributed by atoms with Crippen LogP contribution in [-0.4, -0.2) is 22.6 Å². The van der Waals surface area contributed by atoms with Gasteiger partial charge in [-0.2, -0.15) is 0 Å². The maximum Gasteiger partial charge on any atom is 0.219 e. The maximum absolute atomic E-state index is 6.10. The quantitative estimate of drug-likeness (QED) is 0.282. The summed E-state index contributed by atoms with van der Waals surface area (Å²) in [5, 5.41) is 4.91. The molecule has 0 spiro atoms. The average Bonchev–Trinajstić information content (AvgIpc) is 3.23. The number of benzene rings is 3. The smallest absolute Gasteiger partial charge is 0.219 e. The fourth-order valence-corrected chi connectivity index (χ4v) is 6.93. The number of pyridine rings is 2. The third kappa shape index (κ3) is 3.80. The molecule has 0 saturated heterocycles. The maximum atomic E-state index is 6.10. The summed E-state index contributed by atoms with van der Waals surface area (Å²) in [5.41, 5.74) is 3.46. The van der Waals surface area contributed by atoms with Crippen LogP contribution >= 0.6 is 0 Å².